The van der Waals surface area contributed by atoms with Crippen LogP contribution in [0.5, 0.6) is 5.75 Å². The molecule has 1 fully saturated rings. The molecular weight excluding hydrogens is 523 g/mol. The Hall–Kier alpha value is -3.04. The molecule has 0 saturated heterocycles. The number of carbonyl (C=O) groups is 1. The van der Waals surface area contributed by atoms with E-state index in [0.717, 1.165) is 37.8 Å². The average Bonchev–Trinajstić information content (AvgIpc) is 2.88. The number of para-hydroxylation sites is 1. The van der Waals surface area contributed by atoms with E-state index in [2.05, 4.69) is 5.32 Å². The maximum absolute atomic E-state index is 13.4. The fourth-order valence-corrected chi connectivity index (χ4v) is 5.07. The van der Waals surface area contributed by atoms with Gasteiger partial charge in [0.1, 0.15) is 17.6 Å². The van der Waals surface area contributed by atoms with Gasteiger partial charge in [-0.15, -0.1) is 0 Å². The van der Waals surface area contributed by atoms with Crippen LogP contribution in [0.3, 0.4) is 0 Å². The Morgan fingerprint density at radius 1 is 1.16 bits per heavy atom. The Bertz CT molecular complexity index is 1330. The molecule has 1 aliphatic carbocycles. The predicted octanol–water partition coefficient (Wildman–Crippen LogP) is 6.91. The first kappa shape index (κ1) is 28.0. The number of hydrogen-bond acceptors (Lipinski definition) is 5. The van der Waals surface area contributed by atoms with Crippen LogP contribution in [-0.4, -0.2) is 30.3 Å². The summed E-state index contributed by atoms with van der Waals surface area (Å²) < 4.78 is 51.8. The summed E-state index contributed by atoms with van der Waals surface area (Å²) in [5.41, 5.74) is -1.000. The number of alkyl halides is 3. The highest BCUT2D eigenvalue weighted by Crippen LogP contribution is 2.38. The molecule has 1 saturated carbocycles. The highest BCUT2D eigenvalue weighted by Gasteiger charge is 2.32. The highest BCUT2D eigenvalue weighted by atomic mass is 35.5. The van der Waals surface area contributed by atoms with Gasteiger partial charge in [0.2, 0.25) is 0 Å². The van der Waals surface area contributed by atoms with Gasteiger partial charge in [0.25, 0.3) is 0 Å². The van der Waals surface area contributed by atoms with Crippen molar-refractivity contribution < 1.29 is 32.2 Å². The van der Waals surface area contributed by atoms with Crippen LogP contribution in [0.15, 0.2) is 51.7 Å². The molecule has 1 unspecified atom stereocenters. The maximum Gasteiger partial charge on any atom is 0.416 e. The molecule has 2 N–H and O–H groups in total. The van der Waals surface area contributed by atoms with E-state index in [9.17, 15) is 27.9 Å². The summed E-state index contributed by atoms with van der Waals surface area (Å²) in [6.45, 7) is 0.342. The number of nitrogens with one attached hydrogen (secondary N) is 1. The van der Waals surface area contributed by atoms with E-state index < -0.39 is 29.2 Å². The third-order valence-electron chi connectivity index (χ3n) is 6.84. The van der Waals surface area contributed by atoms with Crippen molar-refractivity contribution in [3.8, 4) is 17.1 Å². The second kappa shape index (κ2) is 12.2. The summed E-state index contributed by atoms with van der Waals surface area (Å²) in [5.74, 6) is -0.615. The first-order chi connectivity index (χ1) is 18.1. The molecule has 38 heavy (non-hydrogen) atoms. The van der Waals surface area contributed by atoms with Crippen molar-refractivity contribution in [1.29, 1.82) is 0 Å². The largest absolute Gasteiger partial charge is 0.493 e. The molecule has 1 atom stereocenters. The number of ether oxygens (including phenoxy) is 1. The van der Waals surface area contributed by atoms with Gasteiger partial charge in [0.05, 0.1) is 28.1 Å². The van der Waals surface area contributed by atoms with Gasteiger partial charge < -0.3 is 19.6 Å². The number of carboxylic acids is 1. The fraction of sp³-hybridized carbons (Fsp3) is 0.429. The number of halogens is 4. The molecule has 204 valence electrons. The van der Waals surface area contributed by atoms with Crippen LogP contribution in [0, 0.1) is 5.92 Å². The van der Waals surface area contributed by atoms with Crippen LogP contribution in [0.4, 0.5) is 13.2 Å². The lowest BCUT2D eigenvalue weighted by Crippen LogP contribution is -2.39. The number of benzene rings is 2. The summed E-state index contributed by atoms with van der Waals surface area (Å²) in [6.07, 6.45) is 1.80. The minimum Gasteiger partial charge on any atom is -0.493 e. The molecule has 0 amide bonds. The van der Waals surface area contributed by atoms with Crippen molar-refractivity contribution in [3.05, 3.63) is 63.3 Å². The molecule has 0 aliphatic heterocycles. The Morgan fingerprint density at radius 2 is 1.92 bits per heavy atom. The summed E-state index contributed by atoms with van der Waals surface area (Å²) in [6, 6.07) is 8.16. The Balaban J connectivity index is 1.48. The van der Waals surface area contributed by atoms with E-state index >= 15 is 0 Å². The number of aliphatic carboxylic acids is 1. The minimum absolute atomic E-state index is 0.0235. The smallest absolute Gasteiger partial charge is 0.416 e. The quantitative estimate of drug-likeness (QED) is 0.266. The standard InChI is InChI=1S/C28H29ClF3NO5/c29-21-9-4-8-19-23(34)16-25(38-26(19)21)20-11-10-18(28(30,31)32)15-24(20)37-13-5-12-33-22(27(35)36)14-17-6-2-1-3-7-17/h4,8-11,15-17,22,33H,1-3,5-7,12-14H2,(H,35,36). The van der Waals surface area contributed by atoms with Crippen molar-refractivity contribution in [3.63, 3.8) is 0 Å². The molecular formula is C28H29ClF3NO5. The third kappa shape index (κ3) is 6.88. The molecule has 0 bridgehead atoms. The van der Waals surface area contributed by atoms with Crippen LogP contribution in [0.2, 0.25) is 5.02 Å². The van der Waals surface area contributed by atoms with Crippen LogP contribution in [-0.2, 0) is 11.0 Å². The maximum atomic E-state index is 13.4. The van der Waals surface area contributed by atoms with Crippen molar-refractivity contribution in [2.24, 2.45) is 5.92 Å². The van der Waals surface area contributed by atoms with Gasteiger partial charge in [-0.05, 0) is 55.6 Å². The van der Waals surface area contributed by atoms with Gasteiger partial charge in [0, 0.05) is 6.07 Å². The van der Waals surface area contributed by atoms with Crippen molar-refractivity contribution in [1.82, 2.24) is 5.32 Å². The van der Waals surface area contributed by atoms with E-state index in [0.29, 0.717) is 25.3 Å². The van der Waals surface area contributed by atoms with E-state index in [1.807, 2.05) is 0 Å². The van der Waals surface area contributed by atoms with Gasteiger partial charge in [-0.2, -0.15) is 13.2 Å². The Morgan fingerprint density at radius 3 is 2.63 bits per heavy atom. The lowest BCUT2D eigenvalue weighted by atomic mass is 9.85. The fourth-order valence-electron chi connectivity index (χ4n) is 4.86. The van der Waals surface area contributed by atoms with Crippen LogP contribution in [0.25, 0.3) is 22.3 Å². The summed E-state index contributed by atoms with van der Waals surface area (Å²) in [4.78, 5) is 24.3. The molecule has 3 aromatic rings. The summed E-state index contributed by atoms with van der Waals surface area (Å²) in [7, 11) is 0. The number of carboxylic acid groups (broad SMARTS) is 1. The lowest BCUT2D eigenvalue weighted by molar-refractivity contribution is -0.140. The van der Waals surface area contributed by atoms with E-state index in [1.165, 1.54) is 18.6 Å². The molecule has 0 spiro atoms. The van der Waals surface area contributed by atoms with Crippen molar-refractivity contribution in [2.75, 3.05) is 13.2 Å². The van der Waals surface area contributed by atoms with Gasteiger partial charge in [0.15, 0.2) is 11.0 Å². The van der Waals surface area contributed by atoms with Gasteiger partial charge in [-0.3, -0.25) is 9.59 Å². The van der Waals surface area contributed by atoms with E-state index in [1.54, 1.807) is 18.2 Å². The second-order valence-corrected chi connectivity index (χ2v) is 9.99. The highest BCUT2D eigenvalue weighted by molar-refractivity contribution is 6.34. The normalized spacial score (nSPS) is 15.5. The lowest BCUT2D eigenvalue weighted by Gasteiger charge is -2.25. The average molecular weight is 552 g/mol. The minimum atomic E-state index is -4.60. The van der Waals surface area contributed by atoms with Gasteiger partial charge >= 0.3 is 12.1 Å². The van der Waals surface area contributed by atoms with Crippen LogP contribution >= 0.6 is 11.6 Å². The SMILES string of the molecule is O=C(O)C(CC1CCCCC1)NCCCOc1cc(C(F)(F)F)ccc1-c1cc(=O)c2cccc(Cl)c2o1. The third-order valence-corrected chi connectivity index (χ3v) is 7.14. The monoisotopic (exact) mass is 551 g/mol. The molecule has 4 rings (SSSR count). The van der Waals surface area contributed by atoms with Gasteiger partial charge in [-0.25, -0.2) is 0 Å². The summed E-state index contributed by atoms with van der Waals surface area (Å²) in [5, 5.41) is 13.1. The zero-order chi connectivity index (χ0) is 27.3. The first-order valence-corrected chi connectivity index (χ1v) is 13.0. The zero-order valence-corrected chi connectivity index (χ0v) is 21.4. The Labute approximate surface area is 222 Å². The van der Waals surface area contributed by atoms with Gasteiger partial charge in [-0.1, -0.05) is 49.8 Å². The van der Waals surface area contributed by atoms with Crippen LogP contribution < -0.4 is 15.5 Å². The molecule has 6 nitrogen and oxygen atoms in total. The molecule has 1 aromatic heterocycles. The second-order valence-electron chi connectivity index (χ2n) is 9.59. The number of rotatable bonds is 10. The van der Waals surface area contributed by atoms with Crippen LogP contribution in [0.1, 0.15) is 50.5 Å². The Kier molecular flexibility index (Phi) is 8.99. The molecule has 1 aliphatic rings. The molecule has 10 heteroatoms. The van der Waals surface area contributed by atoms with Crippen molar-refractivity contribution in [2.45, 2.75) is 57.2 Å². The van der Waals surface area contributed by atoms with E-state index in [4.69, 9.17) is 20.8 Å². The number of fused-ring (bicyclic) bond motifs is 1. The molecule has 1 heterocycles. The predicted molar refractivity (Wildman–Crippen MR) is 139 cm³/mol. The van der Waals surface area contributed by atoms with Crippen molar-refractivity contribution >= 4 is 28.5 Å². The molecule has 0 radical (unpaired) electrons. The van der Waals surface area contributed by atoms with E-state index in [-0.39, 0.29) is 39.7 Å². The topological polar surface area (TPSA) is 88.8 Å². The summed E-state index contributed by atoms with van der Waals surface area (Å²) >= 11 is 6.18. The zero-order valence-electron chi connectivity index (χ0n) is 20.7. The molecule has 2 aromatic carbocycles. The number of hydrogen-bond donors (Lipinski definition) is 2. The first-order valence-electron chi connectivity index (χ1n) is 12.7.